The summed E-state index contributed by atoms with van der Waals surface area (Å²) in [7, 11) is 0. The number of hydrogen-bond acceptors (Lipinski definition) is 5. The molecule has 2 aliphatic carbocycles. The zero-order valence-corrected chi connectivity index (χ0v) is 13.2. The molecule has 7 nitrogen and oxygen atoms in total. The predicted octanol–water partition coefficient (Wildman–Crippen LogP) is 2.73. The minimum Gasteiger partial charge on any atom is -0.360 e. The first-order chi connectivity index (χ1) is 11.8. The summed E-state index contributed by atoms with van der Waals surface area (Å²) < 4.78 is 7.29. The van der Waals surface area contributed by atoms with E-state index in [1.54, 1.807) is 0 Å². The van der Waals surface area contributed by atoms with E-state index in [-0.39, 0.29) is 5.91 Å². The molecule has 3 aromatic heterocycles. The van der Waals surface area contributed by atoms with Crippen molar-refractivity contribution in [2.75, 3.05) is 5.32 Å². The molecule has 24 heavy (non-hydrogen) atoms. The highest BCUT2D eigenvalue weighted by molar-refractivity contribution is 6.03. The molecule has 1 amide bonds. The van der Waals surface area contributed by atoms with Gasteiger partial charge in [0.1, 0.15) is 11.6 Å². The van der Waals surface area contributed by atoms with Crippen LogP contribution in [-0.2, 0) is 12.8 Å². The van der Waals surface area contributed by atoms with Gasteiger partial charge in [0.05, 0.1) is 5.69 Å². The molecule has 1 N–H and O–H groups in total. The number of pyridine rings is 1. The van der Waals surface area contributed by atoms with E-state index >= 15 is 0 Å². The highest BCUT2D eigenvalue weighted by Gasteiger charge is 2.29. The second kappa shape index (κ2) is 5.15. The number of carbonyl (C=O) groups excluding carboxylic acids is 1. The fourth-order valence-electron chi connectivity index (χ4n) is 3.36. The summed E-state index contributed by atoms with van der Waals surface area (Å²) in [6.07, 6.45) is 8.09. The third-order valence-electron chi connectivity index (χ3n) is 4.79. The second-order valence-electron chi connectivity index (χ2n) is 6.57. The first-order valence-corrected chi connectivity index (χ1v) is 8.43. The summed E-state index contributed by atoms with van der Waals surface area (Å²) in [4.78, 5) is 12.6. The molecular weight excluding hydrogens is 306 g/mol. The molecule has 0 unspecified atom stereocenters. The molecule has 7 heteroatoms. The number of amides is 1. The Labute approximate surface area is 138 Å². The maximum atomic E-state index is 12.6. The van der Waals surface area contributed by atoms with Gasteiger partial charge in [-0.1, -0.05) is 5.16 Å². The normalized spacial score (nSPS) is 17.0. The Balaban J connectivity index is 1.44. The summed E-state index contributed by atoms with van der Waals surface area (Å²) >= 11 is 0. The number of aryl methyl sites for hydroxylation is 1. The van der Waals surface area contributed by atoms with Gasteiger partial charge < -0.3 is 9.84 Å². The van der Waals surface area contributed by atoms with E-state index in [2.05, 4.69) is 20.7 Å². The number of rotatable bonds is 3. The van der Waals surface area contributed by atoms with Crippen molar-refractivity contribution in [3.63, 3.8) is 0 Å². The van der Waals surface area contributed by atoms with E-state index in [1.807, 2.05) is 22.7 Å². The van der Waals surface area contributed by atoms with Crippen molar-refractivity contribution in [3.8, 4) is 0 Å². The van der Waals surface area contributed by atoms with Crippen molar-refractivity contribution in [2.45, 2.75) is 44.4 Å². The first kappa shape index (κ1) is 13.7. The van der Waals surface area contributed by atoms with E-state index in [0.717, 1.165) is 61.3 Å². The van der Waals surface area contributed by atoms with Crippen LogP contribution in [0.4, 0.5) is 5.69 Å². The number of carbonyl (C=O) groups is 1. The monoisotopic (exact) mass is 323 g/mol. The van der Waals surface area contributed by atoms with Gasteiger partial charge >= 0.3 is 0 Å². The predicted molar refractivity (Wildman–Crippen MR) is 86.1 cm³/mol. The van der Waals surface area contributed by atoms with Crippen LogP contribution in [0.15, 0.2) is 22.9 Å². The third-order valence-corrected chi connectivity index (χ3v) is 4.79. The Morgan fingerprint density at radius 2 is 2.08 bits per heavy atom. The van der Waals surface area contributed by atoms with Gasteiger partial charge in [0, 0.05) is 24.1 Å². The molecule has 0 saturated heterocycles. The smallest absolute Gasteiger partial charge is 0.278 e. The number of fused-ring (bicyclic) bond motifs is 2. The van der Waals surface area contributed by atoms with E-state index in [4.69, 9.17) is 4.52 Å². The quantitative estimate of drug-likeness (QED) is 0.801. The molecule has 122 valence electrons. The van der Waals surface area contributed by atoms with Gasteiger partial charge in [-0.2, -0.15) is 0 Å². The standard InChI is InChI=1S/C17H17N5O2/c23-17(15-12-3-1-2-4-13(12)24-21-15)18-11-7-8-14-19-20-16(10-5-6-10)22(14)9-11/h7-10H,1-6H2,(H,18,23). The van der Waals surface area contributed by atoms with Crippen LogP contribution in [0.1, 0.15) is 59.2 Å². The molecule has 3 heterocycles. The molecular formula is C17H17N5O2. The van der Waals surface area contributed by atoms with E-state index < -0.39 is 0 Å². The molecule has 0 aliphatic heterocycles. The number of hydrogen-bond donors (Lipinski definition) is 1. The Bertz CT molecular complexity index is 938. The lowest BCUT2D eigenvalue weighted by atomic mass is 9.96. The van der Waals surface area contributed by atoms with Crippen molar-refractivity contribution in [2.24, 2.45) is 0 Å². The van der Waals surface area contributed by atoms with Gasteiger partial charge in [-0.05, 0) is 44.2 Å². The Kier molecular flexibility index (Phi) is 2.95. The van der Waals surface area contributed by atoms with Gasteiger partial charge in [-0.3, -0.25) is 9.20 Å². The maximum Gasteiger partial charge on any atom is 0.278 e. The van der Waals surface area contributed by atoms with Crippen LogP contribution in [0.2, 0.25) is 0 Å². The number of aromatic nitrogens is 4. The third kappa shape index (κ3) is 2.19. The molecule has 3 aromatic rings. The number of anilines is 1. The highest BCUT2D eigenvalue weighted by atomic mass is 16.5. The SMILES string of the molecule is O=C(Nc1ccc2nnc(C3CC3)n2c1)c1noc2c1CCCC2. The second-order valence-corrected chi connectivity index (χ2v) is 6.57. The van der Waals surface area contributed by atoms with Gasteiger partial charge in [0.25, 0.3) is 5.91 Å². The average Bonchev–Trinajstić information content (AvgIpc) is 3.21. The number of nitrogens with one attached hydrogen (secondary N) is 1. The Hall–Kier alpha value is -2.70. The van der Waals surface area contributed by atoms with Crippen LogP contribution < -0.4 is 5.32 Å². The van der Waals surface area contributed by atoms with Crippen LogP contribution in [0, 0.1) is 0 Å². The lowest BCUT2D eigenvalue weighted by Gasteiger charge is -2.09. The summed E-state index contributed by atoms with van der Waals surface area (Å²) in [5.41, 5.74) is 2.88. The van der Waals surface area contributed by atoms with E-state index in [0.29, 0.717) is 17.3 Å². The van der Waals surface area contributed by atoms with Gasteiger partial charge in [0.15, 0.2) is 11.3 Å². The highest BCUT2D eigenvalue weighted by Crippen LogP contribution is 2.39. The van der Waals surface area contributed by atoms with Crippen LogP contribution in [0.3, 0.4) is 0 Å². The molecule has 0 bridgehead atoms. The van der Waals surface area contributed by atoms with Crippen molar-refractivity contribution in [1.29, 1.82) is 0 Å². The van der Waals surface area contributed by atoms with Crippen molar-refractivity contribution < 1.29 is 9.32 Å². The molecule has 1 fully saturated rings. The summed E-state index contributed by atoms with van der Waals surface area (Å²) in [6.45, 7) is 0. The average molecular weight is 323 g/mol. The first-order valence-electron chi connectivity index (χ1n) is 8.43. The zero-order chi connectivity index (χ0) is 16.1. The molecule has 2 aliphatic rings. The minimum atomic E-state index is -0.220. The number of nitrogens with zero attached hydrogens (tertiary/aromatic N) is 4. The van der Waals surface area contributed by atoms with Crippen LogP contribution in [-0.4, -0.2) is 25.7 Å². The molecule has 0 aromatic carbocycles. The zero-order valence-electron chi connectivity index (χ0n) is 13.2. The lowest BCUT2D eigenvalue weighted by Crippen LogP contribution is -2.16. The molecule has 5 rings (SSSR count). The van der Waals surface area contributed by atoms with Crippen LogP contribution >= 0.6 is 0 Å². The van der Waals surface area contributed by atoms with Crippen molar-refractivity contribution in [1.82, 2.24) is 19.8 Å². The summed E-state index contributed by atoms with van der Waals surface area (Å²) in [5, 5.41) is 15.3. The molecule has 0 spiro atoms. The van der Waals surface area contributed by atoms with E-state index in [1.165, 1.54) is 0 Å². The van der Waals surface area contributed by atoms with Crippen molar-refractivity contribution >= 4 is 17.2 Å². The maximum absolute atomic E-state index is 12.6. The fourth-order valence-corrected chi connectivity index (χ4v) is 3.36. The fraction of sp³-hybridized carbons (Fsp3) is 0.412. The van der Waals surface area contributed by atoms with E-state index in [9.17, 15) is 4.79 Å². The summed E-state index contributed by atoms with van der Waals surface area (Å²) in [5.74, 6) is 2.10. The lowest BCUT2D eigenvalue weighted by molar-refractivity contribution is 0.101. The topological polar surface area (TPSA) is 85.3 Å². The Morgan fingerprint density at radius 1 is 1.21 bits per heavy atom. The van der Waals surface area contributed by atoms with Gasteiger partial charge in [0.2, 0.25) is 0 Å². The summed E-state index contributed by atoms with van der Waals surface area (Å²) in [6, 6.07) is 3.71. The molecule has 1 saturated carbocycles. The van der Waals surface area contributed by atoms with Crippen molar-refractivity contribution in [3.05, 3.63) is 41.2 Å². The van der Waals surface area contributed by atoms with Gasteiger partial charge in [-0.25, -0.2) is 0 Å². The minimum absolute atomic E-state index is 0.220. The largest absolute Gasteiger partial charge is 0.360 e. The molecule has 0 radical (unpaired) electrons. The molecule has 0 atom stereocenters. The van der Waals surface area contributed by atoms with Crippen LogP contribution in [0.25, 0.3) is 5.65 Å². The van der Waals surface area contributed by atoms with Crippen LogP contribution in [0.5, 0.6) is 0 Å². The Morgan fingerprint density at radius 3 is 2.96 bits per heavy atom. The van der Waals surface area contributed by atoms with Gasteiger partial charge in [-0.15, -0.1) is 10.2 Å².